The maximum absolute atomic E-state index is 6.17. The molecule has 2 aromatic rings. The van der Waals surface area contributed by atoms with Gasteiger partial charge in [-0.1, -0.05) is 23.7 Å². The van der Waals surface area contributed by atoms with Crippen LogP contribution in [0, 0.1) is 13.8 Å². The molecular weight excluding hydrogens is 246 g/mol. The van der Waals surface area contributed by atoms with Crippen LogP contribution in [0.5, 0.6) is 0 Å². The number of aryl methyl sites for hydroxylation is 2. The normalized spacial score (nSPS) is 10.6. The summed E-state index contributed by atoms with van der Waals surface area (Å²) in [6.45, 7) is 5.38. The molecular formula is C14H16ClN3. The second-order valence-corrected chi connectivity index (χ2v) is 4.70. The fourth-order valence-corrected chi connectivity index (χ4v) is 2.03. The Kier molecular flexibility index (Phi) is 4.28. The van der Waals surface area contributed by atoms with Crippen LogP contribution in [0.1, 0.15) is 22.6 Å². The van der Waals surface area contributed by atoms with Gasteiger partial charge in [-0.05, 0) is 37.1 Å². The molecule has 1 aromatic carbocycles. The second kappa shape index (κ2) is 5.94. The van der Waals surface area contributed by atoms with Gasteiger partial charge in [-0.25, -0.2) is 9.97 Å². The van der Waals surface area contributed by atoms with Gasteiger partial charge in [0.2, 0.25) is 0 Å². The van der Waals surface area contributed by atoms with Gasteiger partial charge in [-0.15, -0.1) is 0 Å². The number of rotatable bonds is 4. The molecule has 0 aliphatic rings. The van der Waals surface area contributed by atoms with E-state index in [2.05, 4.69) is 27.4 Å². The first-order chi connectivity index (χ1) is 8.65. The lowest BCUT2D eigenvalue weighted by atomic mass is 10.1. The van der Waals surface area contributed by atoms with Crippen molar-refractivity contribution in [1.82, 2.24) is 15.3 Å². The maximum atomic E-state index is 6.17. The van der Waals surface area contributed by atoms with Crippen LogP contribution < -0.4 is 5.32 Å². The molecule has 0 saturated heterocycles. The number of hydrogen-bond acceptors (Lipinski definition) is 3. The zero-order valence-electron chi connectivity index (χ0n) is 10.6. The van der Waals surface area contributed by atoms with Gasteiger partial charge in [0.1, 0.15) is 5.82 Å². The average molecular weight is 262 g/mol. The molecule has 0 aliphatic heterocycles. The summed E-state index contributed by atoms with van der Waals surface area (Å²) in [7, 11) is 0. The molecule has 0 spiro atoms. The molecule has 0 unspecified atom stereocenters. The number of benzene rings is 1. The van der Waals surface area contributed by atoms with Crippen LogP contribution >= 0.6 is 11.6 Å². The van der Waals surface area contributed by atoms with Crippen LogP contribution in [-0.2, 0) is 13.1 Å². The minimum absolute atomic E-state index is 0.716. The predicted octanol–water partition coefficient (Wildman–Crippen LogP) is 3.04. The Morgan fingerprint density at radius 1 is 1.17 bits per heavy atom. The number of halogens is 1. The van der Waals surface area contributed by atoms with Gasteiger partial charge in [0.25, 0.3) is 0 Å². The number of aromatic nitrogens is 2. The highest BCUT2D eigenvalue weighted by Gasteiger charge is 2.01. The summed E-state index contributed by atoms with van der Waals surface area (Å²) in [6, 6.07) is 8.01. The van der Waals surface area contributed by atoms with Crippen LogP contribution in [0.4, 0.5) is 0 Å². The van der Waals surface area contributed by atoms with Crippen molar-refractivity contribution in [3.8, 4) is 0 Å². The minimum atomic E-state index is 0.716. The van der Waals surface area contributed by atoms with E-state index in [1.54, 1.807) is 6.20 Å². The lowest BCUT2D eigenvalue weighted by Gasteiger charge is -2.07. The van der Waals surface area contributed by atoms with Crippen molar-refractivity contribution in [3.05, 3.63) is 58.1 Å². The summed E-state index contributed by atoms with van der Waals surface area (Å²) in [6.07, 6.45) is 1.78. The zero-order valence-corrected chi connectivity index (χ0v) is 11.3. The van der Waals surface area contributed by atoms with E-state index in [0.717, 1.165) is 28.6 Å². The van der Waals surface area contributed by atoms with Crippen molar-refractivity contribution in [2.45, 2.75) is 26.9 Å². The van der Waals surface area contributed by atoms with Gasteiger partial charge < -0.3 is 5.32 Å². The quantitative estimate of drug-likeness (QED) is 0.919. The van der Waals surface area contributed by atoms with E-state index in [0.29, 0.717) is 6.54 Å². The SMILES string of the molecule is Cc1ccc(CNCc2ccnc(C)n2)c(Cl)c1. The largest absolute Gasteiger partial charge is 0.307 e. The van der Waals surface area contributed by atoms with E-state index < -0.39 is 0 Å². The van der Waals surface area contributed by atoms with Crippen molar-refractivity contribution in [3.63, 3.8) is 0 Å². The smallest absolute Gasteiger partial charge is 0.125 e. The first-order valence-electron chi connectivity index (χ1n) is 5.89. The molecule has 0 atom stereocenters. The molecule has 0 aliphatic carbocycles. The number of nitrogens with zero attached hydrogens (tertiary/aromatic N) is 2. The van der Waals surface area contributed by atoms with Crippen LogP contribution in [-0.4, -0.2) is 9.97 Å². The third-order valence-electron chi connectivity index (χ3n) is 2.66. The fourth-order valence-electron chi connectivity index (χ4n) is 1.72. The molecule has 1 N–H and O–H groups in total. The molecule has 0 saturated carbocycles. The molecule has 0 bridgehead atoms. The van der Waals surface area contributed by atoms with Crippen molar-refractivity contribution >= 4 is 11.6 Å². The molecule has 18 heavy (non-hydrogen) atoms. The lowest BCUT2D eigenvalue weighted by Crippen LogP contribution is -2.14. The van der Waals surface area contributed by atoms with Crippen LogP contribution in [0.2, 0.25) is 5.02 Å². The predicted molar refractivity (Wildman–Crippen MR) is 73.5 cm³/mol. The summed E-state index contributed by atoms with van der Waals surface area (Å²) in [4.78, 5) is 8.40. The second-order valence-electron chi connectivity index (χ2n) is 4.29. The Labute approximate surface area is 112 Å². The molecule has 3 nitrogen and oxygen atoms in total. The zero-order chi connectivity index (χ0) is 13.0. The molecule has 0 radical (unpaired) electrons. The highest BCUT2D eigenvalue weighted by atomic mass is 35.5. The molecule has 2 rings (SSSR count). The van der Waals surface area contributed by atoms with E-state index in [9.17, 15) is 0 Å². The summed E-state index contributed by atoms with van der Waals surface area (Å²) < 4.78 is 0. The molecule has 0 fully saturated rings. The van der Waals surface area contributed by atoms with E-state index in [4.69, 9.17) is 11.6 Å². The molecule has 94 valence electrons. The Morgan fingerprint density at radius 3 is 2.72 bits per heavy atom. The summed E-state index contributed by atoms with van der Waals surface area (Å²) in [5.74, 6) is 0.794. The lowest BCUT2D eigenvalue weighted by molar-refractivity contribution is 0.675. The van der Waals surface area contributed by atoms with E-state index in [1.165, 1.54) is 5.56 Å². The van der Waals surface area contributed by atoms with E-state index >= 15 is 0 Å². The molecule has 1 aromatic heterocycles. The molecule has 4 heteroatoms. The summed E-state index contributed by atoms with van der Waals surface area (Å²) in [5.41, 5.74) is 3.27. The van der Waals surface area contributed by atoms with Gasteiger partial charge in [0.15, 0.2) is 0 Å². The monoisotopic (exact) mass is 261 g/mol. The van der Waals surface area contributed by atoms with Crippen LogP contribution in [0.15, 0.2) is 30.5 Å². The average Bonchev–Trinajstić information content (AvgIpc) is 2.32. The number of nitrogens with one attached hydrogen (secondary N) is 1. The van der Waals surface area contributed by atoms with E-state index in [1.807, 2.05) is 26.0 Å². The minimum Gasteiger partial charge on any atom is -0.307 e. The Balaban J connectivity index is 1.92. The third-order valence-corrected chi connectivity index (χ3v) is 3.02. The van der Waals surface area contributed by atoms with Crippen molar-refractivity contribution < 1.29 is 0 Å². The van der Waals surface area contributed by atoms with Gasteiger partial charge in [0.05, 0.1) is 5.69 Å². The third kappa shape index (κ3) is 3.52. The standard InChI is InChI=1S/C14H16ClN3/c1-10-3-4-12(14(15)7-10)8-16-9-13-5-6-17-11(2)18-13/h3-7,16H,8-9H2,1-2H3. The molecule has 1 heterocycles. The highest BCUT2D eigenvalue weighted by molar-refractivity contribution is 6.31. The summed E-state index contributed by atoms with van der Waals surface area (Å²) >= 11 is 6.17. The van der Waals surface area contributed by atoms with Crippen LogP contribution in [0.25, 0.3) is 0 Å². The van der Waals surface area contributed by atoms with Crippen molar-refractivity contribution in [1.29, 1.82) is 0 Å². The van der Waals surface area contributed by atoms with Gasteiger partial charge in [-0.3, -0.25) is 0 Å². The first kappa shape index (κ1) is 13.0. The topological polar surface area (TPSA) is 37.8 Å². The maximum Gasteiger partial charge on any atom is 0.125 e. The molecule has 0 amide bonds. The Bertz CT molecular complexity index is 540. The Morgan fingerprint density at radius 2 is 2.00 bits per heavy atom. The fraction of sp³-hybridized carbons (Fsp3) is 0.286. The Hall–Kier alpha value is -1.45. The van der Waals surface area contributed by atoms with Crippen molar-refractivity contribution in [2.75, 3.05) is 0 Å². The van der Waals surface area contributed by atoms with Crippen LogP contribution in [0.3, 0.4) is 0 Å². The first-order valence-corrected chi connectivity index (χ1v) is 6.27. The highest BCUT2D eigenvalue weighted by Crippen LogP contribution is 2.17. The summed E-state index contributed by atoms with van der Waals surface area (Å²) in [5, 5.41) is 4.14. The van der Waals surface area contributed by atoms with Crippen molar-refractivity contribution in [2.24, 2.45) is 0 Å². The van der Waals surface area contributed by atoms with Gasteiger partial charge in [-0.2, -0.15) is 0 Å². The van der Waals surface area contributed by atoms with Gasteiger partial charge >= 0.3 is 0 Å². The van der Waals surface area contributed by atoms with Gasteiger partial charge in [0, 0.05) is 24.3 Å². The number of hydrogen-bond donors (Lipinski definition) is 1. The van der Waals surface area contributed by atoms with E-state index in [-0.39, 0.29) is 0 Å².